The van der Waals surface area contributed by atoms with Gasteiger partial charge in [0, 0.05) is 18.6 Å². The quantitative estimate of drug-likeness (QED) is 0.796. The Labute approximate surface area is 155 Å². The summed E-state index contributed by atoms with van der Waals surface area (Å²) in [5, 5.41) is 7.12. The number of furan rings is 1. The van der Waals surface area contributed by atoms with Gasteiger partial charge in [-0.25, -0.2) is 4.79 Å². The first-order chi connectivity index (χ1) is 12.5. The smallest absolute Gasteiger partial charge is 0.475 e. The van der Waals surface area contributed by atoms with Crippen molar-refractivity contribution in [2.45, 2.75) is 50.7 Å². The number of carboxylic acid groups (broad SMARTS) is 1. The first-order valence-corrected chi connectivity index (χ1v) is 8.92. The van der Waals surface area contributed by atoms with E-state index in [-0.39, 0.29) is 5.91 Å². The number of carbonyl (C=O) groups is 2. The van der Waals surface area contributed by atoms with Crippen molar-refractivity contribution in [2.75, 3.05) is 26.7 Å². The van der Waals surface area contributed by atoms with Gasteiger partial charge in [-0.1, -0.05) is 0 Å². The van der Waals surface area contributed by atoms with Crippen LogP contribution in [0.2, 0.25) is 0 Å². The lowest BCUT2D eigenvalue weighted by Gasteiger charge is -2.35. The molecule has 27 heavy (non-hydrogen) atoms. The van der Waals surface area contributed by atoms with Crippen LogP contribution < -0.4 is 0 Å². The van der Waals surface area contributed by atoms with E-state index in [0.717, 1.165) is 31.7 Å². The van der Waals surface area contributed by atoms with Gasteiger partial charge >= 0.3 is 12.1 Å². The molecule has 1 unspecified atom stereocenters. The second-order valence-corrected chi connectivity index (χ2v) is 7.11. The third kappa shape index (κ3) is 5.24. The maximum absolute atomic E-state index is 12.5. The molecule has 2 aliphatic heterocycles. The normalized spacial score (nSPS) is 23.7. The zero-order valence-corrected chi connectivity index (χ0v) is 15.5. The number of amides is 1. The minimum absolute atomic E-state index is 0.0517. The van der Waals surface area contributed by atoms with E-state index in [0.29, 0.717) is 11.3 Å². The predicted octanol–water partition coefficient (Wildman–Crippen LogP) is 3.31. The van der Waals surface area contributed by atoms with E-state index in [2.05, 4.69) is 11.9 Å². The summed E-state index contributed by atoms with van der Waals surface area (Å²) in [6.45, 7) is 4.78. The van der Waals surface area contributed by atoms with E-state index in [4.69, 9.17) is 14.3 Å². The average molecular weight is 390 g/mol. The number of alkyl halides is 3. The predicted molar refractivity (Wildman–Crippen MR) is 91.5 cm³/mol. The third-order valence-corrected chi connectivity index (χ3v) is 5.34. The SMILES string of the molecule is Cc1ccc(C(=O)N2CCCC3(CCCN3C)CC2)o1.O=C(O)C(F)(F)F. The molecule has 1 aromatic heterocycles. The molecule has 152 valence electrons. The standard InChI is InChI=1S/C16H24N2O2.C2HF3O2/c1-13-5-6-14(20-13)15(19)18-11-4-8-16(9-12-18)7-3-10-17(16)2;3-2(4,5)1(6)7/h5-6H,3-4,7-12H2,1-2H3;(H,6,7). The number of likely N-dealkylation sites (tertiary alicyclic amines) is 2. The summed E-state index contributed by atoms with van der Waals surface area (Å²) in [6, 6.07) is 3.65. The molecule has 3 heterocycles. The molecule has 3 rings (SSSR count). The zero-order chi connectivity index (χ0) is 20.2. The molecular weight excluding hydrogens is 365 g/mol. The lowest BCUT2D eigenvalue weighted by atomic mass is 9.88. The Hall–Kier alpha value is -2.03. The maximum Gasteiger partial charge on any atom is 0.490 e. The number of hydrogen-bond donors (Lipinski definition) is 1. The lowest BCUT2D eigenvalue weighted by Crippen LogP contribution is -2.42. The summed E-state index contributed by atoms with van der Waals surface area (Å²) in [5.41, 5.74) is 0.341. The van der Waals surface area contributed by atoms with Gasteiger partial charge in [-0.2, -0.15) is 13.2 Å². The van der Waals surface area contributed by atoms with Crippen LogP contribution in [-0.4, -0.2) is 65.2 Å². The van der Waals surface area contributed by atoms with Crippen LogP contribution in [0.5, 0.6) is 0 Å². The monoisotopic (exact) mass is 390 g/mol. The van der Waals surface area contributed by atoms with Crippen molar-refractivity contribution in [3.05, 3.63) is 23.7 Å². The van der Waals surface area contributed by atoms with E-state index >= 15 is 0 Å². The average Bonchev–Trinajstić information content (AvgIpc) is 3.08. The number of carbonyl (C=O) groups excluding carboxylic acids is 1. The van der Waals surface area contributed by atoms with E-state index in [1.54, 1.807) is 6.07 Å². The van der Waals surface area contributed by atoms with Crippen LogP contribution in [0, 0.1) is 6.92 Å². The van der Waals surface area contributed by atoms with Crippen LogP contribution >= 0.6 is 0 Å². The third-order valence-electron chi connectivity index (χ3n) is 5.34. The van der Waals surface area contributed by atoms with Crippen LogP contribution in [0.1, 0.15) is 48.4 Å². The number of rotatable bonds is 1. The summed E-state index contributed by atoms with van der Waals surface area (Å²) in [5.74, 6) is -1.42. The minimum atomic E-state index is -5.08. The Bertz CT molecular complexity index is 674. The van der Waals surface area contributed by atoms with Crippen molar-refractivity contribution in [3.63, 3.8) is 0 Å². The van der Waals surface area contributed by atoms with Gasteiger partial charge in [0.15, 0.2) is 5.76 Å². The fraction of sp³-hybridized carbons (Fsp3) is 0.667. The van der Waals surface area contributed by atoms with E-state index in [9.17, 15) is 18.0 Å². The summed E-state index contributed by atoms with van der Waals surface area (Å²) in [6.07, 6.45) is 0.891. The Morgan fingerprint density at radius 3 is 2.15 bits per heavy atom. The summed E-state index contributed by atoms with van der Waals surface area (Å²) in [7, 11) is 2.24. The summed E-state index contributed by atoms with van der Waals surface area (Å²) >= 11 is 0. The molecule has 2 fully saturated rings. The number of nitrogens with zero attached hydrogens (tertiary/aromatic N) is 2. The largest absolute Gasteiger partial charge is 0.490 e. The lowest BCUT2D eigenvalue weighted by molar-refractivity contribution is -0.192. The fourth-order valence-corrected chi connectivity index (χ4v) is 3.79. The van der Waals surface area contributed by atoms with Gasteiger partial charge in [-0.05, 0) is 64.8 Å². The molecule has 1 aromatic rings. The van der Waals surface area contributed by atoms with Crippen molar-refractivity contribution in [1.82, 2.24) is 9.80 Å². The molecule has 6 nitrogen and oxygen atoms in total. The summed E-state index contributed by atoms with van der Waals surface area (Å²) in [4.78, 5) is 25.8. The first kappa shape index (κ1) is 21.3. The van der Waals surface area contributed by atoms with Gasteiger partial charge in [-0.15, -0.1) is 0 Å². The van der Waals surface area contributed by atoms with Gasteiger partial charge in [0.05, 0.1) is 0 Å². The van der Waals surface area contributed by atoms with E-state index in [1.165, 1.54) is 25.8 Å². The maximum atomic E-state index is 12.5. The van der Waals surface area contributed by atoms with Crippen LogP contribution in [0.4, 0.5) is 13.2 Å². The molecule has 1 atom stereocenters. The van der Waals surface area contributed by atoms with Crippen LogP contribution in [0.15, 0.2) is 16.5 Å². The highest BCUT2D eigenvalue weighted by atomic mass is 19.4. The number of hydrogen-bond acceptors (Lipinski definition) is 4. The van der Waals surface area contributed by atoms with Gasteiger partial charge < -0.3 is 19.3 Å². The number of aryl methyl sites for hydroxylation is 1. The van der Waals surface area contributed by atoms with Crippen molar-refractivity contribution >= 4 is 11.9 Å². The number of aliphatic carboxylic acids is 1. The van der Waals surface area contributed by atoms with Crippen LogP contribution in [0.25, 0.3) is 0 Å². The second-order valence-electron chi connectivity index (χ2n) is 7.11. The molecular formula is C18H25F3N2O4. The van der Waals surface area contributed by atoms with Crippen LogP contribution in [0.3, 0.4) is 0 Å². The fourth-order valence-electron chi connectivity index (χ4n) is 3.79. The molecule has 0 aliphatic carbocycles. The van der Waals surface area contributed by atoms with Gasteiger partial charge in [0.2, 0.25) is 0 Å². The molecule has 0 bridgehead atoms. The molecule has 9 heteroatoms. The van der Waals surface area contributed by atoms with Gasteiger partial charge in [0.25, 0.3) is 5.91 Å². The molecule has 2 aliphatic rings. The van der Waals surface area contributed by atoms with Gasteiger partial charge in [0.1, 0.15) is 5.76 Å². The highest BCUT2D eigenvalue weighted by Gasteiger charge is 2.40. The van der Waals surface area contributed by atoms with E-state index in [1.807, 2.05) is 17.9 Å². The number of carboxylic acids is 1. The molecule has 1 spiro atoms. The summed E-state index contributed by atoms with van der Waals surface area (Å²) < 4.78 is 37.2. The Morgan fingerprint density at radius 2 is 1.70 bits per heavy atom. The van der Waals surface area contributed by atoms with Crippen molar-refractivity contribution in [2.24, 2.45) is 0 Å². The minimum Gasteiger partial charge on any atom is -0.475 e. The molecule has 0 aromatic carbocycles. The van der Waals surface area contributed by atoms with Crippen molar-refractivity contribution in [1.29, 1.82) is 0 Å². The van der Waals surface area contributed by atoms with E-state index < -0.39 is 12.1 Å². The topological polar surface area (TPSA) is 74.0 Å². The van der Waals surface area contributed by atoms with Crippen molar-refractivity contribution in [3.8, 4) is 0 Å². The molecule has 1 N–H and O–H groups in total. The van der Waals surface area contributed by atoms with Crippen LogP contribution in [-0.2, 0) is 4.79 Å². The Kier molecular flexibility index (Phi) is 6.56. The highest BCUT2D eigenvalue weighted by Crippen LogP contribution is 2.37. The number of halogens is 3. The molecule has 1 amide bonds. The molecule has 2 saturated heterocycles. The Morgan fingerprint density at radius 1 is 1.11 bits per heavy atom. The second kappa shape index (κ2) is 8.33. The molecule has 0 radical (unpaired) electrons. The zero-order valence-electron chi connectivity index (χ0n) is 15.5. The first-order valence-electron chi connectivity index (χ1n) is 8.92. The Balaban J connectivity index is 0.000000321. The van der Waals surface area contributed by atoms with Crippen molar-refractivity contribution < 1.29 is 32.3 Å². The van der Waals surface area contributed by atoms with Gasteiger partial charge in [-0.3, -0.25) is 4.79 Å². The highest BCUT2D eigenvalue weighted by molar-refractivity contribution is 5.91. The molecule has 0 saturated carbocycles.